The van der Waals surface area contributed by atoms with Gasteiger partial charge < -0.3 is 14.8 Å². The molecule has 0 saturated carbocycles. The molecule has 0 heterocycles. The van der Waals surface area contributed by atoms with E-state index in [4.69, 9.17) is 21.1 Å². The van der Waals surface area contributed by atoms with E-state index in [1.54, 1.807) is 24.3 Å². The molecule has 0 bridgehead atoms. The van der Waals surface area contributed by atoms with E-state index in [-0.39, 0.29) is 30.0 Å². The number of halogens is 1. The second-order valence-corrected chi connectivity index (χ2v) is 8.48. The zero-order chi connectivity index (χ0) is 22.1. The molecule has 0 spiro atoms. The van der Waals surface area contributed by atoms with E-state index in [1.165, 1.54) is 38.5 Å². The summed E-state index contributed by atoms with van der Waals surface area (Å²) in [4.78, 5) is 24.5. The number of esters is 1. The Balaban J connectivity index is 2.22. The maximum atomic E-state index is 12.8. The number of rotatable bonds is 10. The standard InChI is InChI=1S/C20H23ClN2O6S/c1-28-11-10-22-30(26,27)17-5-3-4-15(12-17)20(25)23-18(13-19(24)29-2)14-6-8-16(21)9-7-14/h3-9,12,18,22H,10-11,13H2,1-2H3,(H,23,25). The molecule has 0 radical (unpaired) electrons. The summed E-state index contributed by atoms with van der Waals surface area (Å²) in [5, 5.41) is 3.26. The van der Waals surface area contributed by atoms with Crippen LogP contribution in [0.5, 0.6) is 0 Å². The predicted molar refractivity (Wildman–Crippen MR) is 112 cm³/mol. The van der Waals surface area contributed by atoms with Gasteiger partial charge in [0.15, 0.2) is 0 Å². The van der Waals surface area contributed by atoms with Gasteiger partial charge in [0, 0.05) is 24.2 Å². The molecule has 1 unspecified atom stereocenters. The normalized spacial score (nSPS) is 12.2. The van der Waals surface area contributed by atoms with Crippen LogP contribution in [0.1, 0.15) is 28.4 Å². The molecule has 2 rings (SSSR count). The minimum absolute atomic E-state index is 0.0535. The number of carbonyl (C=O) groups excluding carboxylic acids is 2. The molecule has 8 nitrogen and oxygen atoms in total. The van der Waals surface area contributed by atoms with Crippen molar-refractivity contribution in [2.24, 2.45) is 0 Å². The van der Waals surface area contributed by atoms with Gasteiger partial charge in [-0.15, -0.1) is 0 Å². The van der Waals surface area contributed by atoms with Gasteiger partial charge in [0.1, 0.15) is 0 Å². The lowest BCUT2D eigenvalue weighted by Gasteiger charge is -2.18. The molecule has 0 aliphatic rings. The fourth-order valence-corrected chi connectivity index (χ4v) is 3.79. The van der Waals surface area contributed by atoms with Gasteiger partial charge in [-0.2, -0.15) is 0 Å². The van der Waals surface area contributed by atoms with Crippen molar-refractivity contribution in [2.75, 3.05) is 27.4 Å². The Kier molecular flexibility index (Phi) is 8.79. The number of hydrogen-bond donors (Lipinski definition) is 2. The third-order valence-corrected chi connectivity index (χ3v) is 5.89. The molecule has 2 aromatic carbocycles. The number of methoxy groups -OCH3 is 2. The number of ether oxygens (including phenoxy) is 2. The maximum absolute atomic E-state index is 12.8. The van der Waals surface area contributed by atoms with Gasteiger partial charge in [-0.1, -0.05) is 29.8 Å². The van der Waals surface area contributed by atoms with E-state index < -0.39 is 27.9 Å². The lowest BCUT2D eigenvalue weighted by Crippen LogP contribution is -2.31. The summed E-state index contributed by atoms with van der Waals surface area (Å²) in [5.74, 6) is -1.04. The van der Waals surface area contributed by atoms with E-state index in [0.717, 1.165) is 0 Å². The zero-order valence-electron chi connectivity index (χ0n) is 16.6. The highest BCUT2D eigenvalue weighted by Gasteiger charge is 2.21. The Morgan fingerprint density at radius 3 is 2.43 bits per heavy atom. The van der Waals surface area contributed by atoms with Crippen LogP contribution in [0.3, 0.4) is 0 Å². The first-order valence-electron chi connectivity index (χ1n) is 8.98. The number of amides is 1. The molecule has 30 heavy (non-hydrogen) atoms. The SMILES string of the molecule is COCCNS(=O)(=O)c1cccc(C(=O)NC(CC(=O)OC)c2ccc(Cl)cc2)c1. The number of nitrogens with one attached hydrogen (secondary N) is 2. The van der Waals surface area contributed by atoms with Gasteiger partial charge in [-0.05, 0) is 35.9 Å². The first-order chi connectivity index (χ1) is 14.3. The molecular weight excluding hydrogens is 432 g/mol. The molecule has 0 saturated heterocycles. The van der Waals surface area contributed by atoms with Crippen molar-refractivity contribution < 1.29 is 27.5 Å². The van der Waals surface area contributed by atoms with Crippen LogP contribution in [0.25, 0.3) is 0 Å². The molecule has 2 N–H and O–H groups in total. The van der Waals surface area contributed by atoms with E-state index in [2.05, 4.69) is 10.0 Å². The van der Waals surface area contributed by atoms with Crippen molar-refractivity contribution in [1.82, 2.24) is 10.0 Å². The summed E-state index contributed by atoms with van der Waals surface area (Å²) in [6, 6.07) is 11.6. The topological polar surface area (TPSA) is 111 Å². The third kappa shape index (κ3) is 6.81. The van der Waals surface area contributed by atoms with Crippen molar-refractivity contribution >= 4 is 33.5 Å². The minimum atomic E-state index is -3.80. The van der Waals surface area contributed by atoms with Crippen molar-refractivity contribution in [2.45, 2.75) is 17.4 Å². The first kappa shape index (κ1) is 23.8. The molecular formula is C20H23ClN2O6S. The predicted octanol–water partition coefficient (Wildman–Crippen LogP) is 2.30. The number of benzene rings is 2. The van der Waals surface area contributed by atoms with E-state index >= 15 is 0 Å². The fourth-order valence-electron chi connectivity index (χ4n) is 2.60. The average molecular weight is 455 g/mol. The zero-order valence-corrected chi connectivity index (χ0v) is 18.1. The molecule has 2 aromatic rings. The second kappa shape index (κ2) is 11.1. The Labute approximate surface area is 180 Å². The number of hydrogen-bond acceptors (Lipinski definition) is 6. The molecule has 0 aliphatic heterocycles. The van der Waals surface area contributed by atoms with Crippen LogP contribution in [0.2, 0.25) is 5.02 Å². The van der Waals surface area contributed by atoms with Crippen molar-refractivity contribution in [3.8, 4) is 0 Å². The lowest BCUT2D eigenvalue weighted by molar-refractivity contribution is -0.141. The van der Waals surface area contributed by atoms with Crippen LogP contribution >= 0.6 is 11.6 Å². The summed E-state index contributed by atoms with van der Waals surface area (Å²) < 4.78 is 36.7. The maximum Gasteiger partial charge on any atom is 0.307 e. The smallest absolute Gasteiger partial charge is 0.307 e. The Morgan fingerprint density at radius 1 is 1.10 bits per heavy atom. The van der Waals surface area contributed by atoms with Crippen LogP contribution < -0.4 is 10.0 Å². The quantitative estimate of drug-likeness (QED) is 0.421. The van der Waals surface area contributed by atoms with Crippen molar-refractivity contribution in [3.05, 3.63) is 64.7 Å². The van der Waals surface area contributed by atoms with Crippen molar-refractivity contribution in [3.63, 3.8) is 0 Å². The summed E-state index contributed by atoms with van der Waals surface area (Å²) in [6.07, 6.45) is -0.0968. The van der Waals surface area contributed by atoms with Gasteiger partial charge in [0.05, 0.1) is 31.1 Å². The van der Waals surface area contributed by atoms with Crippen LogP contribution in [0.15, 0.2) is 53.4 Å². The molecule has 0 fully saturated rings. The highest BCUT2D eigenvalue weighted by atomic mass is 35.5. The van der Waals surface area contributed by atoms with Gasteiger partial charge in [-0.25, -0.2) is 13.1 Å². The summed E-state index contributed by atoms with van der Waals surface area (Å²) in [5.41, 5.74) is 0.789. The highest BCUT2D eigenvalue weighted by Crippen LogP contribution is 2.21. The van der Waals surface area contributed by atoms with Crippen LogP contribution in [-0.2, 0) is 24.3 Å². The van der Waals surface area contributed by atoms with Gasteiger partial charge in [0.25, 0.3) is 5.91 Å². The number of sulfonamides is 1. The lowest BCUT2D eigenvalue weighted by atomic mass is 10.0. The molecule has 1 amide bonds. The minimum Gasteiger partial charge on any atom is -0.469 e. The van der Waals surface area contributed by atoms with E-state index in [0.29, 0.717) is 10.6 Å². The van der Waals surface area contributed by atoms with Crippen LogP contribution in [0, 0.1) is 0 Å². The Morgan fingerprint density at radius 2 is 1.80 bits per heavy atom. The monoisotopic (exact) mass is 454 g/mol. The molecule has 0 aliphatic carbocycles. The van der Waals surface area contributed by atoms with Gasteiger partial charge >= 0.3 is 5.97 Å². The molecule has 1 atom stereocenters. The van der Waals surface area contributed by atoms with Gasteiger partial charge in [-0.3, -0.25) is 9.59 Å². The van der Waals surface area contributed by atoms with E-state index in [9.17, 15) is 18.0 Å². The summed E-state index contributed by atoms with van der Waals surface area (Å²) in [6.45, 7) is 0.322. The third-order valence-electron chi connectivity index (χ3n) is 4.18. The molecule has 0 aromatic heterocycles. The largest absolute Gasteiger partial charge is 0.469 e. The van der Waals surface area contributed by atoms with Crippen LogP contribution in [0.4, 0.5) is 0 Å². The second-order valence-electron chi connectivity index (χ2n) is 6.28. The van der Waals surface area contributed by atoms with E-state index in [1.807, 2.05) is 0 Å². The average Bonchev–Trinajstić information content (AvgIpc) is 2.74. The summed E-state index contributed by atoms with van der Waals surface area (Å²) in [7, 11) is -1.07. The number of carbonyl (C=O) groups is 2. The van der Waals surface area contributed by atoms with Gasteiger partial charge in [0.2, 0.25) is 10.0 Å². The van der Waals surface area contributed by atoms with Crippen LogP contribution in [-0.4, -0.2) is 47.7 Å². The summed E-state index contributed by atoms with van der Waals surface area (Å²) >= 11 is 5.91. The molecule has 162 valence electrons. The fraction of sp³-hybridized carbons (Fsp3) is 0.300. The Bertz CT molecular complexity index is 979. The first-order valence-corrected chi connectivity index (χ1v) is 10.8. The Hall–Kier alpha value is -2.46. The van der Waals surface area contributed by atoms with Crippen molar-refractivity contribution in [1.29, 1.82) is 0 Å². The highest BCUT2D eigenvalue weighted by molar-refractivity contribution is 7.89. The molecule has 10 heteroatoms.